The number of ether oxygens (including phenoxy) is 2. The summed E-state index contributed by atoms with van der Waals surface area (Å²) < 4.78 is 10.4. The van der Waals surface area contributed by atoms with Gasteiger partial charge in [0.05, 0.1) is 23.2 Å². The summed E-state index contributed by atoms with van der Waals surface area (Å²) in [4.78, 5) is 24.1. The molecule has 0 fully saturated rings. The Hall–Kier alpha value is -3.60. The second-order valence-electron chi connectivity index (χ2n) is 5.64. The summed E-state index contributed by atoms with van der Waals surface area (Å²) in [5.41, 5.74) is 1.09. The number of nitrogens with zero attached hydrogens (tertiary/aromatic N) is 3. The summed E-state index contributed by atoms with van der Waals surface area (Å²) in [6.07, 6.45) is -0.742. The van der Waals surface area contributed by atoms with E-state index in [4.69, 9.17) is 14.7 Å². The lowest BCUT2D eigenvalue weighted by Crippen LogP contribution is -2.26. The van der Waals surface area contributed by atoms with Gasteiger partial charge in [-0.1, -0.05) is 0 Å². The van der Waals surface area contributed by atoms with E-state index < -0.39 is 17.0 Å². The van der Waals surface area contributed by atoms with Crippen LogP contribution in [0, 0.1) is 21.4 Å². The fraction of sp³-hybridized carbons (Fsp3) is 0.263. The first kappa shape index (κ1) is 19.7. The molecule has 27 heavy (non-hydrogen) atoms. The van der Waals surface area contributed by atoms with Crippen molar-refractivity contribution in [3.8, 4) is 11.8 Å². The third kappa shape index (κ3) is 4.73. The van der Waals surface area contributed by atoms with Gasteiger partial charge in [-0.3, -0.25) is 10.1 Å². The van der Waals surface area contributed by atoms with Crippen LogP contribution in [-0.4, -0.2) is 30.7 Å². The van der Waals surface area contributed by atoms with E-state index in [9.17, 15) is 14.9 Å². The first-order valence-corrected chi connectivity index (χ1v) is 8.23. The molecular weight excluding hydrogens is 350 g/mol. The van der Waals surface area contributed by atoms with Crippen molar-refractivity contribution in [3.05, 3.63) is 58.1 Å². The van der Waals surface area contributed by atoms with Crippen molar-refractivity contribution in [2.24, 2.45) is 0 Å². The summed E-state index contributed by atoms with van der Waals surface area (Å²) in [6, 6.07) is 13.0. The van der Waals surface area contributed by atoms with Crippen molar-refractivity contribution in [1.82, 2.24) is 0 Å². The van der Waals surface area contributed by atoms with Crippen molar-refractivity contribution in [1.29, 1.82) is 5.26 Å². The molecule has 1 unspecified atom stereocenters. The maximum Gasteiger partial charge on any atom is 0.347 e. The van der Waals surface area contributed by atoms with Crippen LogP contribution in [0.4, 0.5) is 17.1 Å². The molecule has 0 heterocycles. The molecule has 0 radical (unpaired) electrons. The standard InChI is InChI=1S/C19H19N3O5/c1-4-26-19(23)13(2)27-16-8-6-15(7-9-16)21(3)17-10-5-14(12-20)11-18(17)22(24)25/h5-11,13H,4H2,1-3H3. The summed E-state index contributed by atoms with van der Waals surface area (Å²) in [5, 5.41) is 20.3. The number of carbonyl (C=O) groups excluding carboxylic acids is 1. The first-order chi connectivity index (χ1) is 12.9. The van der Waals surface area contributed by atoms with Gasteiger partial charge in [-0.15, -0.1) is 0 Å². The van der Waals surface area contributed by atoms with Crippen molar-refractivity contribution in [3.63, 3.8) is 0 Å². The molecule has 0 bridgehead atoms. The molecule has 0 saturated heterocycles. The van der Waals surface area contributed by atoms with Crippen molar-refractivity contribution < 1.29 is 19.2 Å². The van der Waals surface area contributed by atoms with Gasteiger partial charge in [-0.2, -0.15) is 5.26 Å². The minimum absolute atomic E-state index is 0.159. The molecule has 0 saturated carbocycles. The van der Waals surface area contributed by atoms with E-state index in [0.717, 1.165) is 0 Å². The second kappa shape index (κ2) is 8.67. The minimum atomic E-state index is -0.742. The van der Waals surface area contributed by atoms with Gasteiger partial charge in [0.15, 0.2) is 6.10 Å². The highest BCUT2D eigenvalue weighted by molar-refractivity contribution is 5.75. The zero-order valence-corrected chi connectivity index (χ0v) is 15.2. The number of esters is 1. The van der Waals surface area contributed by atoms with E-state index in [2.05, 4.69) is 0 Å². The van der Waals surface area contributed by atoms with Crippen LogP contribution in [0.1, 0.15) is 19.4 Å². The van der Waals surface area contributed by atoms with Crippen molar-refractivity contribution >= 4 is 23.0 Å². The molecule has 0 aliphatic heterocycles. The number of hydrogen-bond acceptors (Lipinski definition) is 7. The number of nitro benzene ring substituents is 1. The van der Waals surface area contributed by atoms with Gasteiger partial charge in [-0.25, -0.2) is 4.79 Å². The van der Waals surface area contributed by atoms with Gasteiger partial charge in [0, 0.05) is 18.8 Å². The maximum absolute atomic E-state index is 11.6. The normalized spacial score (nSPS) is 11.2. The molecule has 8 nitrogen and oxygen atoms in total. The van der Waals surface area contributed by atoms with E-state index in [1.165, 1.54) is 18.2 Å². The Morgan fingerprint density at radius 1 is 1.30 bits per heavy atom. The Morgan fingerprint density at radius 3 is 2.52 bits per heavy atom. The molecule has 2 aromatic carbocycles. The van der Waals surface area contributed by atoms with Gasteiger partial charge in [0.2, 0.25) is 0 Å². The molecule has 2 rings (SSSR count). The van der Waals surface area contributed by atoms with E-state index in [1.807, 2.05) is 6.07 Å². The highest BCUT2D eigenvalue weighted by atomic mass is 16.6. The molecule has 0 aliphatic rings. The molecule has 0 aromatic heterocycles. The van der Waals surface area contributed by atoms with Crippen LogP contribution in [0.3, 0.4) is 0 Å². The summed E-state index contributed by atoms with van der Waals surface area (Å²) in [5.74, 6) is 0.0222. The molecule has 1 atom stereocenters. The average Bonchev–Trinajstić information content (AvgIpc) is 2.67. The predicted octanol–water partition coefficient (Wildman–Crippen LogP) is 3.56. The van der Waals surface area contributed by atoms with Crippen molar-refractivity contribution in [2.45, 2.75) is 20.0 Å². The van der Waals surface area contributed by atoms with Gasteiger partial charge < -0.3 is 14.4 Å². The fourth-order valence-corrected chi connectivity index (χ4v) is 2.42. The quantitative estimate of drug-likeness (QED) is 0.417. The Bertz CT molecular complexity index is 874. The zero-order chi connectivity index (χ0) is 20.0. The third-order valence-corrected chi connectivity index (χ3v) is 3.82. The highest BCUT2D eigenvalue weighted by Gasteiger charge is 2.20. The molecule has 8 heteroatoms. The number of benzene rings is 2. The minimum Gasteiger partial charge on any atom is -0.479 e. The van der Waals surface area contributed by atoms with Crippen LogP contribution in [0.15, 0.2) is 42.5 Å². The molecule has 0 aliphatic carbocycles. The summed E-state index contributed by atoms with van der Waals surface area (Å²) >= 11 is 0. The molecule has 140 valence electrons. The molecule has 0 amide bonds. The number of carbonyl (C=O) groups is 1. The van der Waals surface area contributed by atoms with E-state index in [-0.39, 0.29) is 17.9 Å². The molecular formula is C19H19N3O5. The lowest BCUT2D eigenvalue weighted by atomic mass is 10.1. The number of nitro groups is 1. The Labute approximate surface area is 156 Å². The molecule has 0 spiro atoms. The van der Waals surface area contributed by atoms with Gasteiger partial charge in [0.1, 0.15) is 11.4 Å². The monoisotopic (exact) mass is 369 g/mol. The van der Waals surface area contributed by atoms with Crippen LogP contribution in [-0.2, 0) is 9.53 Å². The van der Waals surface area contributed by atoms with Crippen molar-refractivity contribution in [2.75, 3.05) is 18.6 Å². The van der Waals surface area contributed by atoms with Gasteiger partial charge in [0.25, 0.3) is 5.69 Å². The van der Waals surface area contributed by atoms with E-state index >= 15 is 0 Å². The molecule has 0 N–H and O–H groups in total. The van der Waals surface area contributed by atoms with Crippen LogP contribution in [0.5, 0.6) is 5.75 Å². The lowest BCUT2D eigenvalue weighted by molar-refractivity contribution is -0.384. The molecule has 2 aromatic rings. The highest BCUT2D eigenvalue weighted by Crippen LogP contribution is 2.33. The lowest BCUT2D eigenvalue weighted by Gasteiger charge is -2.20. The maximum atomic E-state index is 11.6. The predicted molar refractivity (Wildman–Crippen MR) is 99.0 cm³/mol. The fourth-order valence-electron chi connectivity index (χ4n) is 2.42. The van der Waals surface area contributed by atoms with E-state index in [0.29, 0.717) is 17.1 Å². The van der Waals surface area contributed by atoms with Crippen LogP contribution in [0.2, 0.25) is 0 Å². The Morgan fingerprint density at radius 2 is 1.96 bits per heavy atom. The van der Waals surface area contributed by atoms with E-state index in [1.54, 1.807) is 50.1 Å². The van der Waals surface area contributed by atoms with Gasteiger partial charge >= 0.3 is 5.97 Å². The SMILES string of the molecule is CCOC(=O)C(C)Oc1ccc(N(C)c2ccc(C#N)cc2[N+](=O)[O-])cc1. The van der Waals surface area contributed by atoms with Crippen LogP contribution < -0.4 is 9.64 Å². The number of nitriles is 1. The second-order valence-corrected chi connectivity index (χ2v) is 5.64. The summed E-state index contributed by atoms with van der Waals surface area (Å²) in [7, 11) is 1.69. The van der Waals surface area contributed by atoms with Crippen LogP contribution in [0.25, 0.3) is 0 Å². The topological polar surface area (TPSA) is 106 Å². The van der Waals surface area contributed by atoms with Crippen LogP contribution >= 0.6 is 0 Å². The smallest absolute Gasteiger partial charge is 0.347 e. The number of hydrogen-bond donors (Lipinski definition) is 0. The van der Waals surface area contributed by atoms with Gasteiger partial charge in [-0.05, 0) is 50.2 Å². The Balaban J connectivity index is 2.21. The largest absolute Gasteiger partial charge is 0.479 e. The first-order valence-electron chi connectivity index (χ1n) is 8.23. The Kier molecular flexibility index (Phi) is 6.33. The third-order valence-electron chi connectivity index (χ3n) is 3.82. The summed E-state index contributed by atoms with van der Waals surface area (Å²) in [6.45, 7) is 3.59. The number of anilines is 2. The number of rotatable bonds is 7. The zero-order valence-electron chi connectivity index (χ0n) is 15.2. The average molecular weight is 369 g/mol.